The van der Waals surface area contributed by atoms with Gasteiger partial charge in [0.15, 0.2) is 0 Å². The topological polar surface area (TPSA) is 45.2 Å². The van der Waals surface area contributed by atoms with Crippen molar-refractivity contribution in [2.45, 2.75) is 50.7 Å². The number of benzene rings is 1. The fourth-order valence-electron chi connectivity index (χ4n) is 4.42. The maximum atomic E-state index is 13.0. The van der Waals surface area contributed by atoms with E-state index in [0.29, 0.717) is 48.1 Å². The third-order valence-corrected chi connectivity index (χ3v) is 7.08. The molecule has 1 amide bonds. The predicted octanol–water partition coefficient (Wildman–Crippen LogP) is 6.21. The number of nitrogens with zero attached hydrogens (tertiary/aromatic N) is 2. The molecule has 1 aromatic carbocycles. The standard InChI is InChI=1S/C23H24Cl2F3N3O/c1-21(7-10-31(11-8-21)16-4-9-29-19(13-16)23(26,27)28)14-20(32)30-22(5-6-22)17-3-2-15(24)12-18(17)25/h2-4,9,12-13H,5-8,10-11,14H2,1H3,(H,30,32). The molecule has 0 radical (unpaired) electrons. The van der Waals surface area contributed by atoms with Gasteiger partial charge in [-0.1, -0.05) is 36.2 Å². The summed E-state index contributed by atoms with van der Waals surface area (Å²) in [5, 5.41) is 4.27. The number of hydrogen-bond donors (Lipinski definition) is 1. The SMILES string of the molecule is CC1(CC(=O)NC2(c3ccc(Cl)cc3Cl)CC2)CCN(c2ccnc(C(F)(F)F)c2)CC1. The van der Waals surface area contributed by atoms with Crippen LogP contribution in [0.15, 0.2) is 36.5 Å². The summed E-state index contributed by atoms with van der Waals surface area (Å²) in [6, 6.07) is 8.00. The summed E-state index contributed by atoms with van der Waals surface area (Å²) in [4.78, 5) is 18.3. The predicted molar refractivity (Wildman–Crippen MR) is 119 cm³/mol. The molecule has 2 aliphatic rings. The summed E-state index contributed by atoms with van der Waals surface area (Å²) in [6.45, 7) is 3.23. The van der Waals surface area contributed by atoms with Crippen LogP contribution in [0.5, 0.6) is 0 Å². The molecule has 2 heterocycles. The lowest BCUT2D eigenvalue weighted by Crippen LogP contribution is -2.43. The Balaban J connectivity index is 1.36. The van der Waals surface area contributed by atoms with E-state index in [1.54, 1.807) is 18.2 Å². The molecule has 4 rings (SSSR count). The van der Waals surface area contributed by atoms with Crippen LogP contribution in [0.3, 0.4) is 0 Å². The van der Waals surface area contributed by atoms with Crippen molar-refractivity contribution >= 4 is 34.8 Å². The number of piperidine rings is 1. The number of aromatic nitrogens is 1. The average Bonchev–Trinajstić information content (AvgIpc) is 3.47. The smallest absolute Gasteiger partial charge is 0.371 e. The van der Waals surface area contributed by atoms with Crippen molar-refractivity contribution in [1.29, 1.82) is 0 Å². The second-order valence-corrected chi connectivity index (χ2v) is 9.97. The second-order valence-electron chi connectivity index (χ2n) is 9.13. The maximum Gasteiger partial charge on any atom is 0.433 e. The zero-order chi connectivity index (χ0) is 23.1. The first-order chi connectivity index (χ1) is 15.0. The summed E-state index contributed by atoms with van der Waals surface area (Å²) in [6.07, 6.45) is 0.151. The lowest BCUT2D eigenvalue weighted by Gasteiger charge is -2.40. The number of halogens is 5. The molecule has 1 aliphatic carbocycles. The van der Waals surface area contributed by atoms with E-state index in [9.17, 15) is 18.0 Å². The lowest BCUT2D eigenvalue weighted by atomic mass is 9.77. The molecule has 1 aliphatic heterocycles. The van der Waals surface area contributed by atoms with Gasteiger partial charge in [-0.25, -0.2) is 0 Å². The Bertz CT molecular complexity index is 1020. The summed E-state index contributed by atoms with van der Waals surface area (Å²) in [5.74, 6) is -0.0345. The van der Waals surface area contributed by atoms with Crippen LogP contribution >= 0.6 is 23.2 Å². The lowest BCUT2D eigenvalue weighted by molar-refractivity contribution is -0.141. The molecular weight excluding hydrogens is 462 g/mol. The van der Waals surface area contributed by atoms with Crippen molar-refractivity contribution in [1.82, 2.24) is 10.3 Å². The van der Waals surface area contributed by atoms with E-state index in [-0.39, 0.29) is 11.3 Å². The first-order valence-electron chi connectivity index (χ1n) is 10.5. The van der Waals surface area contributed by atoms with E-state index in [0.717, 1.165) is 24.5 Å². The van der Waals surface area contributed by atoms with Crippen molar-refractivity contribution in [2.24, 2.45) is 5.41 Å². The summed E-state index contributed by atoms with van der Waals surface area (Å²) >= 11 is 12.3. The summed E-state index contributed by atoms with van der Waals surface area (Å²) in [7, 11) is 0. The number of anilines is 1. The zero-order valence-corrected chi connectivity index (χ0v) is 19.1. The Morgan fingerprint density at radius 3 is 2.41 bits per heavy atom. The van der Waals surface area contributed by atoms with Crippen LogP contribution in [0.4, 0.5) is 18.9 Å². The third-order valence-electron chi connectivity index (χ3n) is 6.53. The van der Waals surface area contributed by atoms with Gasteiger partial charge in [0.1, 0.15) is 5.69 Å². The van der Waals surface area contributed by atoms with Gasteiger partial charge < -0.3 is 10.2 Å². The van der Waals surface area contributed by atoms with Crippen LogP contribution in [0.1, 0.15) is 50.3 Å². The highest BCUT2D eigenvalue weighted by molar-refractivity contribution is 6.35. The van der Waals surface area contributed by atoms with E-state index >= 15 is 0 Å². The molecule has 2 fully saturated rings. The summed E-state index contributed by atoms with van der Waals surface area (Å²) < 4.78 is 38.9. The molecule has 1 saturated heterocycles. The van der Waals surface area contributed by atoms with E-state index in [4.69, 9.17) is 23.2 Å². The van der Waals surface area contributed by atoms with Gasteiger partial charge in [-0.3, -0.25) is 9.78 Å². The van der Waals surface area contributed by atoms with Gasteiger partial charge in [0.2, 0.25) is 5.91 Å². The third kappa shape index (κ3) is 4.99. The number of carbonyl (C=O) groups is 1. The fraction of sp³-hybridized carbons (Fsp3) is 0.478. The molecule has 0 bridgehead atoms. The van der Waals surface area contributed by atoms with Crippen LogP contribution in [-0.2, 0) is 16.5 Å². The zero-order valence-electron chi connectivity index (χ0n) is 17.6. The second kappa shape index (κ2) is 8.41. The first kappa shape index (κ1) is 23.2. The van der Waals surface area contributed by atoms with Gasteiger partial charge in [0, 0.05) is 41.4 Å². The Morgan fingerprint density at radius 1 is 1.12 bits per heavy atom. The van der Waals surface area contributed by atoms with Gasteiger partial charge in [0.05, 0.1) is 5.54 Å². The monoisotopic (exact) mass is 485 g/mol. The molecule has 172 valence electrons. The number of pyridine rings is 1. The van der Waals surface area contributed by atoms with Crippen LogP contribution < -0.4 is 10.2 Å². The number of hydrogen-bond acceptors (Lipinski definition) is 3. The minimum Gasteiger partial charge on any atom is -0.371 e. The molecule has 0 atom stereocenters. The minimum atomic E-state index is -4.47. The molecule has 2 aromatic rings. The van der Waals surface area contributed by atoms with Crippen molar-refractivity contribution in [2.75, 3.05) is 18.0 Å². The van der Waals surface area contributed by atoms with Gasteiger partial charge in [-0.05, 0) is 60.9 Å². The van der Waals surface area contributed by atoms with Crippen LogP contribution in [-0.4, -0.2) is 24.0 Å². The van der Waals surface area contributed by atoms with E-state index < -0.39 is 17.4 Å². The number of carbonyl (C=O) groups excluding carboxylic acids is 1. The Morgan fingerprint density at radius 2 is 1.81 bits per heavy atom. The highest BCUT2D eigenvalue weighted by atomic mass is 35.5. The van der Waals surface area contributed by atoms with Gasteiger partial charge in [-0.2, -0.15) is 13.2 Å². The van der Waals surface area contributed by atoms with Crippen molar-refractivity contribution < 1.29 is 18.0 Å². The van der Waals surface area contributed by atoms with Gasteiger partial charge >= 0.3 is 6.18 Å². The molecule has 0 unspecified atom stereocenters. The Hall–Kier alpha value is -1.99. The molecule has 0 spiro atoms. The Kier molecular flexibility index (Phi) is 6.09. The quantitative estimate of drug-likeness (QED) is 0.547. The number of alkyl halides is 3. The highest BCUT2D eigenvalue weighted by Crippen LogP contribution is 2.49. The molecule has 32 heavy (non-hydrogen) atoms. The number of nitrogens with one attached hydrogen (secondary N) is 1. The van der Waals surface area contributed by atoms with E-state index in [2.05, 4.69) is 17.2 Å². The largest absolute Gasteiger partial charge is 0.433 e. The summed E-state index contributed by atoms with van der Waals surface area (Å²) in [5.41, 5.74) is -0.150. The van der Waals surface area contributed by atoms with Crippen molar-refractivity contribution in [3.63, 3.8) is 0 Å². The maximum absolute atomic E-state index is 13.0. The molecule has 9 heteroatoms. The molecular formula is C23H24Cl2F3N3O. The minimum absolute atomic E-state index is 0.0345. The molecule has 1 N–H and O–H groups in total. The van der Waals surface area contributed by atoms with E-state index in [1.807, 2.05) is 11.0 Å². The molecule has 1 aromatic heterocycles. The fourth-order valence-corrected chi connectivity index (χ4v) is 5.00. The Labute approximate surface area is 195 Å². The highest BCUT2D eigenvalue weighted by Gasteiger charge is 2.47. The van der Waals surface area contributed by atoms with Gasteiger partial charge in [-0.15, -0.1) is 0 Å². The molecule has 4 nitrogen and oxygen atoms in total. The normalized spacial score (nSPS) is 19.5. The van der Waals surface area contributed by atoms with Crippen molar-refractivity contribution in [3.05, 3.63) is 57.8 Å². The van der Waals surface area contributed by atoms with Crippen LogP contribution in [0, 0.1) is 5.41 Å². The van der Waals surface area contributed by atoms with Gasteiger partial charge in [0.25, 0.3) is 0 Å². The first-order valence-corrected chi connectivity index (χ1v) is 11.3. The van der Waals surface area contributed by atoms with E-state index in [1.165, 1.54) is 6.20 Å². The number of rotatable bonds is 5. The van der Waals surface area contributed by atoms with Crippen molar-refractivity contribution in [3.8, 4) is 0 Å². The molecule has 1 saturated carbocycles. The van der Waals surface area contributed by atoms with Crippen LogP contribution in [0.2, 0.25) is 10.0 Å². The van der Waals surface area contributed by atoms with Crippen LogP contribution in [0.25, 0.3) is 0 Å². The number of amides is 1. The average molecular weight is 486 g/mol.